The SMILES string of the molecule is Cc1c(C(NC(=O)Nc2cnc(N3CC(F)C3)nc2)C(C)C)oc2ccc(F)cc12. The number of urea groups is 1. The van der Waals surface area contributed by atoms with Gasteiger partial charge in [0.25, 0.3) is 0 Å². The minimum Gasteiger partial charge on any atom is -0.459 e. The standard InChI is InChI=1S/C21H23F2N5O2/c1-11(2)18(19-12(3)16-6-13(22)4-5-17(16)30-19)27-21(29)26-15-7-24-20(25-8-15)28-9-14(23)10-28/h4-8,11,14,18H,9-10H2,1-3H3,(H2,26,27,29). The number of carbonyl (C=O) groups excluding carboxylic acids is 1. The Bertz CT molecular complexity index is 1060. The number of halogens is 2. The zero-order valence-electron chi connectivity index (χ0n) is 16.9. The van der Waals surface area contributed by atoms with Crippen LogP contribution in [0.15, 0.2) is 35.0 Å². The van der Waals surface area contributed by atoms with E-state index >= 15 is 0 Å². The molecule has 1 saturated heterocycles. The summed E-state index contributed by atoms with van der Waals surface area (Å²) in [6, 6.07) is 3.50. The van der Waals surface area contributed by atoms with Crippen LogP contribution in [0.3, 0.4) is 0 Å². The fraction of sp³-hybridized carbons (Fsp3) is 0.381. The van der Waals surface area contributed by atoms with Crippen molar-refractivity contribution >= 4 is 28.6 Å². The molecule has 1 atom stereocenters. The molecule has 7 nitrogen and oxygen atoms in total. The highest BCUT2D eigenvalue weighted by Gasteiger charge is 2.28. The number of hydrogen-bond acceptors (Lipinski definition) is 5. The predicted octanol–water partition coefficient (Wildman–Crippen LogP) is 4.35. The van der Waals surface area contributed by atoms with Gasteiger partial charge in [0.2, 0.25) is 5.95 Å². The van der Waals surface area contributed by atoms with E-state index in [4.69, 9.17) is 4.42 Å². The average molecular weight is 415 g/mol. The third kappa shape index (κ3) is 3.92. The van der Waals surface area contributed by atoms with Crippen LogP contribution in [0.25, 0.3) is 11.0 Å². The number of nitrogens with one attached hydrogen (secondary N) is 2. The molecule has 1 aliphatic heterocycles. The monoisotopic (exact) mass is 415 g/mol. The summed E-state index contributed by atoms with van der Waals surface area (Å²) in [6.45, 7) is 6.33. The van der Waals surface area contributed by atoms with Gasteiger partial charge in [-0.25, -0.2) is 23.5 Å². The smallest absolute Gasteiger partial charge is 0.319 e. The van der Waals surface area contributed by atoms with Crippen LogP contribution < -0.4 is 15.5 Å². The zero-order valence-corrected chi connectivity index (χ0v) is 16.9. The number of alkyl halides is 1. The van der Waals surface area contributed by atoms with Gasteiger partial charge in [-0.05, 0) is 31.0 Å². The van der Waals surface area contributed by atoms with E-state index in [9.17, 15) is 13.6 Å². The van der Waals surface area contributed by atoms with E-state index in [1.165, 1.54) is 24.5 Å². The second-order valence-electron chi connectivity index (χ2n) is 7.83. The lowest BCUT2D eigenvalue weighted by Gasteiger charge is -2.34. The first-order chi connectivity index (χ1) is 14.3. The molecule has 0 bridgehead atoms. The number of nitrogens with zero attached hydrogens (tertiary/aromatic N) is 3. The number of anilines is 2. The van der Waals surface area contributed by atoms with Crippen LogP contribution in [0.4, 0.5) is 25.2 Å². The summed E-state index contributed by atoms with van der Waals surface area (Å²) in [4.78, 5) is 22.6. The lowest BCUT2D eigenvalue weighted by Crippen LogP contribution is -2.49. The van der Waals surface area contributed by atoms with Crippen molar-refractivity contribution in [3.63, 3.8) is 0 Å². The summed E-state index contributed by atoms with van der Waals surface area (Å²) in [5.74, 6) is 0.706. The quantitative estimate of drug-likeness (QED) is 0.647. The molecule has 2 aromatic heterocycles. The molecule has 3 aromatic rings. The molecule has 158 valence electrons. The number of aromatic nitrogens is 2. The summed E-state index contributed by atoms with van der Waals surface area (Å²) in [7, 11) is 0. The molecular weight excluding hydrogens is 392 g/mol. The second kappa shape index (κ2) is 7.89. The van der Waals surface area contributed by atoms with Gasteiger partial charge in [-0.1, -0.05) is 13.8 Å². The molecular formula is C21H23F2N5O2. The van der Waals surface area contributed by atoms with Gasteiger partial charge in [0.15, 0.2) is 0 Å². The van der Waals surface area contributed by atoms with E-state index in [1.54, 1.807) is 11.0 Å². The molecule has 0 spiro atoms. The minimum atomic E-state index is -0.844. The van der Waals surface area contributed by atoms with Crippen LogP contribution in [0.5, 0.6) is 0 Å². The summed E-state index contributed by atoms with van der Waals surface area (Å²) >= 11 is 0. The Kier molecular flexibility index (Phi) is 5.27. The number of hydrogen-bond donors (Lipinski definition) is 2. The summed E-state index contributed by atoms with van der Waals surface area (Å²) in [5.41, 5.74) is 1.78. The number of carbonyl (C=O) groups is 1. The van der Waals surface area contributed by atoms with E-state index in [0.29, 0.717) is 28.4 Å². The van der Waals surface area contributed by atoms with E-state index in [0.717, 1.165) is 5.56 Å². The molecule has 3 heterocycles. The molecule has 0 radical (unpaired) electrons. The Balaban J connectivity index is 1.47. The topological polar surface area (TPSA) is 83.3 Å². The van der Waals surface area contributed by atoms with Gasteiger partial charge >= 0.3 is 6.03 Å². The zero-order chi connectivity index (χ0) is 21.4. The molecule has 0 saturated carbocycles. The lowest BCUT2D eigenvalue weighted by molar-refractivity contribution is 0.241. The van der Waals surface area contributed by atoms with Gasteiger partial charge in [0.05, 0.1) is 37.2 Å². The van der Waals surface area contributed by atoms with Gasteiger partial charge in [0, 0.05) is 10.9 Å². The van der Waals surface area contributed by atoms with Gasteiger partial charge in [-0.15, -0.1) is 0 Å². The van der Waals surface area contributed by atoms with E-state index in [1.807, 2.05) is 20.8 Å². The first kappa shape index (κ1) is 20.1. The molecule has 30 heavy (non-hydrogen) atoms. The first-order valence-electron chi connectivity index (χ1n) is 9.79. The maximum atomic E-state index is 13.6. The van der Waals surface area contributed by atoms with Crippen molar-refractivity contribution in [1.29, 1.82) is 0 Å². The van der Waals surface area contributed by atoms with Crippen molar-refractivity contribution in [2.75, 3.05) is 23.3 Å². The average Bonchev–Trinajstić information content (AvgIpc) is 3.00. The maximum absolute atomic E-state index is 13.6. The molecule has 2 amide bonds. The Morgan fingerprint density at radius 2 is 1.97 bits per heavy atom. The number of aryl methyl sites for hydroxylation is 1. The molecule has 1 aliphatic rings. The van der Waals surface area contributed by atoms with Gasteiger partial charge in [-0.2, -0.15) is 0 Å². The number of rotatable bonds is 5. The normalized spacial score (nSPS) is 15.3. The molecule has 1 fully saturated rings. The highest BCUT2D eigenvalue weighted by atomic mass is 19.1. The third-order valence-electron chi connectivity index (χ3n) is 5.19. The van der Waals surface area contributed by atoms with E-state index in [-0.39, 0.29) is 24.8 Å². The van der Waals surface area contributed by atoms with Crippen LogP contribution in [0.2, 0.25) is 0 Å². The van der Waals surface area contributed by atoms with Crippen molar-refractivity contribution in [3.8, 4) is 0 Å². The van der Waals surface area contributed by atoms with Crippen molar-refractivity contribution in [1.82, 2.24) is 15.3 Å². The van der Waals surface area contributed by atoms with Crippen LogP contribution in [0.1, 0.15) is 31.2 Å². The third-order valence-corrected chi connectivity index (χ3v) is 5.19. The Labute approximate surface area is 172 Å². The second-order valence-corrected chi connectivity index (χ2v) is 7.83. The Morgan fingerprint density at radius 3 is 2.60 bits per heavy atom. The molecule has 4 rings (SSSR count). The fourth-order valence-corrected chi connectivity index (χ4v) is 3.49. The number of furan rings is 1. The van der Waals surface area contributed by atoms with Crippen LogP contribution >= 0.6 is 0 Å². The maximum Gasteiger partial charge on any atom is 0.319 e. The fourth-order valence-electron chi connectivity index (χ4n) is 3.49. The molecule has 1 aromatic carbocycles. The van der Waals surface area contributed by atoms with E-state index < -0.39 is 18.2 Å². The number of amides is 2. The highest BCUT2D eigenvalue weighted by molar-refractivity contribution is 5.89. The first-order valence-corrected chi connectivity index (χ1v) is 9.79. The number of benzene rings is 1. The van der Waals surface area contributed by atoms with Gasteiger partial charge < -0.3 is 20.0 Å². The molecule has 2 N–H and O–H groups in total. The van der Waals surface area contributed by atoms with Crippen LogP contribution in [-0.4, -0.2) is 35.3 Å². The van der Waals surface area contributed by atoms with Crippen molar-refractivity contribution in [3.05, 3.63) is 47.7 Å². The molecule has 1 unspecified atom stereocenters. The largest absolute Gasteiger partial charge is 0.459 e. The summed E-state index contributed by atoms with van der Waals surface area (Å²) < 4.78 is 32.5. The van der Waals surface area contributed by atoms with Crippen molar-refractivity contribution in [2.24, 2.45) is 5.92 Å². The Hall–Kier alpha value is -3.23. The summed E-state index contributed by atoms with van der Waals surface area (Å²) in [6.07, 6.45) is 2.11. The minimum absolute atomic E-state index is 0.0264. The van der Waals surface area contributed by atoms with Gasteiger partial charge in [0.1, 0.15) is 23.3 Å². The van der Waals surface area contributed by atoms with Crippen molar-refractivity contribution < 1.29 is 18.0 Å². The Morgan fingerprint density at radius 1 is 1.27 bits per heavy atom. The van der Waals surface area contributed by atoms with Gasteiger partial charge in [-0.3, -0.25) is 0 Å². The van der Waals surface area contributed by atoms with Crippen LogP contribution in [0, 0.1) is 18.7 Å². The number of fused-ring (bicyclic) bond motifs is 1. The van der Waals surface area contributed by atoms with Crippen molar-refractivity contribution in [2.45, 2.75) is 33.0 Å². The van der Waals surface area contributed by atoms with E-state index in [2.05, 4.69) is 20.6 Å². The molecule has 9 heteroatoms. The summed E-state index contributed by atoms with van der Waals surface area (Å²) in [5, 5.41) is 6.29. The highest BCUT2D eigenvalue weighted by Crippen LogP contribution is 2.33. The molecule has 0 aliphatic carbocycles. The lowest BCUT2D eigenvalue weighted by atomic mass is 9.98. The predicted molar refractivity (Wildman–Crippen MR) is 110 cm³/mol. The van der Waals surface area contributed by atoms with Crippen LogP contribution in [-0.2, 0) is 0 Å².